The van der Waals surface area contributed by atoms with E-state index >= 15 is 0 Å². The van der Waals surface area contributed by atoms with E-state index in [2.05, 4.69) is 12.1 Å². The highest BCUT2D eigenvalue weighted by Gasteiger charge is 2.23. The van der Waals surface area contributed by atoms with Crippen molar-refractivity contribution >= 4 is 5.97 Å². The lowest BCUT2D eigenvalue weighted by Crippen LogP contribution is -2.16. The van der Waals surface area contributed by atoms with Gasteiger partial charge in [0.15, 0.2) is 0 Å². The van der Waals surface area contributed by atoms with Gasteiger partial charge in [-0.1, -0.05) is 24.3 Å². The summed E-state index contributed by atoms with van der Waals surface area (Å²) in [6.07, 6.45) is 4.93. The average molecular weight is 340 g/mol. The Labute approximate surface area is 148 Å². The van der Waals surface area contributed by atoms with Crippen molar-refractivity contribution in [3.05, 3.63) is 58.7 Å². The number of benzene rings is 2. The highest BCUT2D eigenvalue weighted by Crippen LogP contribution is 2.32. The maximum atomic E-state index is 11.9. The summed E-state index contributed by atoms with van der Waals surface area (Å²) in [7, 11) is 3.19. The predicted octanol–water partition coefficient (Wildman–Crippen LogP) is 3.99. The maximum absolute atomic E-state index is 11.9. The third-order valence-corrected chi connectivity index (χ3v) is 4.99. The Hall–Kier alpha value is -2.49. The quantitative estimate of drug-likeness (QED) is 0.864. The van der Waals surface area contributed by atoms with Gasteiger partial charge >= 0.3 is 5.97 Å². The number of carbonyl (C=O) groups is 1. The van der Waals surface area contributed by atoms with Gasteiger partial charge in [0.2, 0.25) is 0 Å². The molecular weight excluding hydrogens is 316 g/mol. The Morgan fingerprint density at radius 3 is 2.48 bits per heavy atom. The molecule has 0 aliphatic heterocycles. The lowest BCUT2D eigenvalue weighted by atomic mass is 9.85. The fourth-order valence-electron chi connectivity index (χ4n) is 3.56. The van der Waals surface area contributed by atoms with Crippen molar-refractivity contribution in [2.45, 2.75) is 38.0 Å². The molecule has 0 heterocycles. The smallest absolute Gasteiger partial charge is 0.311 e. The van der Waals surface area contributed by atoms with Crippen molar-refractivity contribution in [1.82, 2.24) is 0 Å². The van der Waals surface area contributed by atoms with Gasteiger partial charge in [0, 0.05) is 6.07 Å². The minimum Gasteiger partial charge on any atom is -0.497 e. The first kappa shape index (κ1) is 17.3. The van der Waals surface area contributed by atoms with E-state index in [0.717, 1.165) is 24.0 Å². The van der Waals surface area contributed by atoms with Gasteiger partial charge in [-0.25, -0.2) is 0 Å². The van der Waals surface area contributed by atoms with Gasteiger partial charge in [0.1, 0.15) is 11.5 Å². The van der Waals surface area contributed by atoms with Crippen LogP contribution < -0.4 is 9.47 Å². The van der Waals surface area contributed by atoms with Crippen LogP contribution in [-0.4, -0.2) is 25.3 Å². The molecule has 0 amide bonds. The molecule has 1 N–H and O–H groups in total. The van der Waals surface area contributed by atoms with Gasteiger partial charge < -0.3 is 14.6 Å². The second kappa shape index (κ2) is 7.60. The molecule has 1 aliphatic carbocycles. The van der Waals surface area contributed by atoms with Crippen molar-refractivity contribution in [2.75, 3.05) is 14.2 Å². The molecule has 0 aromatic heterocycles. The molecule has 0 radical (unpaired) electrons. The van der Waals surface area contributed by atoms with Crippen LogP contribution >= 0.6 is 0 Å². The molecule has 4 heteroatoms. The van der Waals surface area contributed by atoms with Crippen molar-refractivity contribution in [2.24, 2.45) is 0 Å². The van der Waals surface area contributed by atoms with Gasteiger partial charge in [-0.05, 0) is 60.4 Å². The zero-order valence-corrected chi connectivity index (χ0v) is 14.7. The Morgan fingerprint density at radius 1 is 1.04 bits per heavy atom. The molecule has 0 bridgehead atoms. The largest absolute Gasteiger partial charge is 0.497 e. The highest BCUT2D eigenvalue weighted by molar-refractivity contribution is 5.77. The predicted molar refractivity (Wildman–Crippen MR) is 96.7 cm³/mol. The van der Waals surface area contributed by atoms with Crippen LogP contribution in [-0.2, 0) is 24.1 Å². The van der Waals surface area contributed by atoms with Crippen molar-refractivity contribution in [3.63, 3.8) is 0 Å². The normalized spacial score (nSPS) is 14.5. The minimum atomic E-state index is -0.811. The van der Waals surface area contributed by atoms with Crippen molar-refractivity contribution in [1.29, 1.82) is 0 Å². The summed E-state index contributed by atoms with van der Waals surface area (Å²) < 4.78 is 10.6. The molecule has 1 atom stereocenters. The molecule has 25 heavy (non-hydrogen) atoms. The number of carboxylic acid groups (broad SMARTS) is 1. The van der Waals surface area contributed by atoms with E-state index in [4.69, 9.17) is 9.47 Å². The molecule has 0 saturated carbocycles. The summed E-state index contributed by atoms with van der Waals surface area (Å²) in [5.41, 5.74) is 4.40. The third-order valence-electron chi connectivity index (χ3n) is 4.99. The second-order valence-corrected chi connectivity index (χ2v) is 6.51. The molecule has 0 fully saturated rings. The highest BCUT2D eigenvalue weighted by atomic mass is 16.5. The fraction of sp³-hybridized carbons (Fsp3) is 0.381. The number of ether oxygens (including phenoxy) is 2. The van der Waals surface area contributed by atoms with E-state index < -0.39 is 11.9 Å². The monoisotopic (exact) mass is 340 g/mol. The Kier molecular flexibility index (Phi) is 5.27. The van der Waals surface area contributed by atoms with Crippen LogP contribution in [0.5, 0.6) is 11.5 Å². The number of fused-ring (bicyclic) bond motifs is 1. The molecule has 2 aromatic rings. The second-order valence-electron chi connectivity index (χ2n) is 6.51. The lowest BCUT2D eigenvalue weighted by molar-refractivity contribution is -0.138. The number of rotatable bonds is 6. The van der Waals surface area contributed by atoms with Crippen LogP contribution in [0.2, 0.25) is 0 Å². The summed E-state index contributed by atoms with van der Waals surface area (Å²) in [6, 6.07) is 11.7. The summed E-state index contributed by atoms with van der Waals surface area (Å²) >= 11 is 0. The SMILES string of the molecule is COc1ccc(CC(C(=O)O)c2ccc3c(c2)CCCC3)c(OC)c1. The number of carboxylic acids is 1. The Balaban J connectivity index is 1.91. The maximum Gasteiger partial charge on any atom is 0.311 e. The molecular formula is C21H24O4. The average Bonchev–Trinajstić information content (AvgIpc) is 2.65. The van der Waals surface area contributed by atoms with E-state index in [1.165, 1.54) is 24.0 Å². The van der Waals surface area contributed by atoms with E-state index in [1.54, 1.807) is 20.3 Å². The molecule has 0 spiro atoms. The molecule has 1 aliphatic rings. The molecule has 0 saturated heterocycles. The van der Waals surface area contributed by atoms with Crippen molar-refractivity contribution in [3.8, 4) is 11.5 Å². The minimum absolute atomic E-state index is 0.390. The fourth-order valence-corrected chi connectivity index (χ4v) is 3.56. The van der Waals surface area contributed by atoms with Gasteiger partial charge in [0.05, 0.1) is 20.1 Å². The number of aliphatic carboxylic acids is 1. The summed E-state index contributed by atoms with van der Waals surface area (Å²) in [6.45, 7) is 0. The van der Waals surface area contributed by atoms with Crippen LogP contribution in [0.3, 0.4) is 0 Å². The van der Waals surface area contributed by atoms with Crippen LogP contribution in [0.4, 0.5) is 0 Å². The van der Waals surface area contributed by atoms with Gasteiger partial charge in [-0.15, -0.1) is 0 Å². The van der Waals surface area contributed by atoms with Crippen LogP contribution in [0.25, 0.3) is 0 Å². The van der Waals surface area contributed by atoms with E-state index in [1.807, 2.05) is 18.2 Å². The molecule has 1 unspecified atom stereocenters. The molecule has 132 valence electrons. The number of methoxy groups -OCH3 is 2. The number of aryl methyl sites for hydroxylation is 2. The van der Waals surface area contributed by atoms with Gasteiger partial charge in [0.25, 0.3) is 0 Å². The van der Waals surface area contributed by atoms with E-state index in [-0.39, 0.29) is 0 Å². The van der Waals surface area contributed by atoms with Gasteiger partial charge in [-0.2, -0.15) is 0 Å². The number of hydrogen-bond donors (Lipinski definition) is 1. The third kappa shape index (κ3) is 3.78. The summed E-state index contributed by atoms with van der Waals surface area (Å²) in [5.74, 6) is -0.0482. The Bertz CT molecular complexity index is 766. The first-order chi connectivity index (χ1) is 12.1. The number of hydrogen-bond acceptors (Lipinski definition) is 3. The first-order valence-electron chi connectivity index (χ1n) is 8.67. The van der Waals surface area contributed by atoms with Crippen LogP contribution in [0.1, 0.15) is 41.0 Å². The standard InChI is InChI=1S/C21H24O4/c1-24-18-10-9-17(20(13-18)25-2)12-19(21(22)23)16-8-7-14-5-3-4-6-15(14)11-16/h7-11,13,19H,3-6,12H2,1-2H3,(H,22,23). The van der Waals surface area contributed by atoms with E-state index in [9.17, 15) is 9.90 Å². The molecule has 3 rings (SSSR count). The molecule has 2 aromatic carbocycles. The van der Waals surface area contributed by atoms with Crippen LogP contribution in [0.15, 0.2) is 36.4 Å². The lowest BCUT2D eigenvalue weighted by Gasteiger charge is -2.20. The summed E-state index contributed by atoms with van der Waals surface area (Å²) in [5, 5.41) is 9.79. The van der Waals surface area contributed by atoms with Crippen molar-refractivity contribution < 1.29 is 19.4 Å². The zero-order valence-electron chi connectivity index (χ0n) is 14.7. The van der Waals surface area contributed by atoms with Crippen LogP contribution in [0, 0.1) is 0 Å². The summed E-state index contributed by atoms with van der Waals surface area (Å²) in [4.78, 5) is 11.9. The van der Waals surface area contributed by atoms with Gasteiger partial charge in [-0.3, -0.25) is 4.79 Å². The first-order valence-corrected chi connectivity index (χ1v) is 8.67. The topological polar surface area (TPSA) is 55.8 Å². The molecule has 4 nitrogen and oxygen atoms in total. The van der Waals surface area contributed by atoms with E-state index in [0.29, 0.717) is 17.9 Å². The zero-order chi connectivity index (χ0) is 17.8. The Morgan fingerprint density at radius 2 is 1.80 bits per heavy atom.